The third kappa shape index (κ3) is 22.2. The molecule has 31 heteroatoms. The molecule has 14 rings (SSSR count). The van der Waals surface area contributed by atoms with E-state index in [0.717, 1.165) is 21.5 Å². The maximum absolute atomic E-state index is 15.5. The normalized spacial score (nSPS) is 22.4. The van der Waals surface area contributed by atoms with E-state index in [1.54, 1.807) is 130 Å². The summed E-state index contributed by atoms with van der Waals surface area (Å²) < 4.78 is 49.5. The van der Waals surface area contributed by atoms with Crippen molar-refractivity contribution in [3.05, 3.63) is 168 Å². The summed E-state index contributed by atoms with van der Waals surface area (Å²) in [5.74, 6) is -6.80. The molecule has 1 saturated carbocycles. The number of likely N-dealkylation sites (N-methyl/N-ethyl adjacent to an activating group) is 2. The number of benzene rings is 6. The molecular weight excluding hydrogens is 1490 g/mol. The minimum Gasteiger partial charge on any atom is -0.494 e. The Morgan fingerprint density at radius 1 is 0.574 bits per heavy atom. The fourth-order valence-electron chi connectivity index (χ4n) is 14.4. The van der Waals surface area contributed by atoms with Crippen LogP contribution < -0.4 is 56.7 Å². The highest BCUT2D eigenvalue weighted by Gasteiger charge is 2.49. The van der Waals surface area contributed by atoms with Crippen molar-refractivity contribution in [3.8, 4) is 11.5 Å². The smallest absolute Gasteiger partial charge is 0.326 e. The van der Waals surface area contributed by atoms with E-state index < -0.39 is 158 Å². The molecule has 614 valence electrons. The highest BCUT2D eigenvalue weighted by molar-refractivity contribution is 7.91. The molecule has 0 spiro atoms. The average molecular weight is 1600 g/mol. The van der Waals surface area contributed by atoms with Crippen LogP contribution in [0.15, 0.2) is 140 Å². The van der Waals surface area contributed by atoms with Crippen LogP contribution in [0.5, 0.6) is 11.5 Å². The number of carbonyl (C=O) groups is 10. The zero-order valence-corrected chi connectivity index (χ0v) is 67.4. The molecule has 115 heavy (non-hydrogen) atoms. The quantitative estimate of drug-likeness (QED) is 0.0629. The summed E-state index contributed by atoms with van der Waals surface area (Å²) in [6.45, 7) is 14.1. The standard InChI is InChI=1S/C84H106N14O16S/c1-49(85-9)73(99)91-71(83(3,4)5)80(106)96-46-60-43-69(96)78(104)88-65(41-53-21-27-55-17-11-13-19-57(55)37-53)75(101)87-67(77(103)94-115(110,111)64-33-34-64)39-51-23-29-61(30-24-51)112-35-15-16-36-113-63-44-70(97(47-63)81(107)72(84(6,7)8)92-74(100)50(2)86-10)79(105)89-66(42-54-22-28-56-18-12-14-20-58(56)38-54)76(102)90-68(82(108)109)40-52-25-31-62(32-26-52)114-48-59-45-98(60)95-93-59/h11-14,17-32,37-38,45,49-50,60,63-72,85-86H,15-16,33-36,39-44,46-48H2,1-10H3,(H,87,101)(H,88,104)(H,89,105)(H,90,102)(H,91,99)(H,92,100)(H,94,103)(H,108,109)/t49-,50-,60?,63-,65-,66-,67-,68-,69?,70-,71+,72+/m0/s1. The topological polar surface area (TPSA) is 398 Å². The number of nitrogens with zero attached hydrogens (tertiary/aromatic N) is 5. The number of sulfonamides is 1. The van der Waals surface area contributed by atoms with E-state index in [-0.39, 0.29) is 71.4 Å². The Kier molecular flexibility index (Phi) is 27.5. The molecule has 10 N–H and O–H groups in total. The Labute approximate surface area is 669 Å². The molecule has 0 radical (unpaired) electrons. The third-order valence-electron chi connectivity index (χ3n) is 21.6. The molecule has 3 fully saturated rings. The van der Waals surface area contributed by atoms with Gasteiger partial charge in [0.25, 0.3) is 5.91 Å². The van der Waals surface area contributed by atoms with Gasteiger partial charge in [0.1, 0.15) is 72.1 Å². The van der Waals surface area contributed by atoms with E-state index in [1.807, 2.05) is 78.9 Å². The minimum atomic E-state index is -4.16. The molecule has 2 unspecified atom stereocenters. The molecule has 2 saturated heterocycles. The number of carboxylic acid groups (broad SMARTS) is 1. The van der Waals surface area contributed by atoms with Crippen molar-refractivity contribution in [1.82, 2.24) is 72.1 Å². The van der Waals surface area contributed by atoms with Crippen molar-refractivity contribution in [2.45, 2.75) is 204 Å². The molecule has 12 atom stereocenters. The summed E-state index contributed by atoms with van der Waals surface area (Å²) in [5, 5.41) is 45.3. The second kappa shape index (κ2) is 37.2. The predicted octanol–water partition coefficient (Wildman–Crippen LogP) is 4.64. The van der Waals surface area contributed by atoms with Crippen LogP contribution in [-0.2, 0) is 95.0 Å². The zero-order chi connectivity index (χ0) is 82.6. The first-order valence-electron chi connectivity index (χ1n) is 39.2. The van der Waals surface area contributed by atoms with Gasteiger partial charge in [-0.3, -0.25) is 47.9 Å². The lowest BCUT2D eigenvalue weighted by atomic mass is 9.85. The van der Waals surface area contributed by atoms with Gasteiger partial charge in [0.15, 0.2) is 0 Å². The summed E-state index contributed by atoms with van der Waals surface area (Å²) in [5.41, 5.74) is 0.797. The van der Waals surface area contributed by atoms with Gasteiger partial charge in [-0.1, -0.05) is 156 Å². The first kappa shape index (κ1) is 85.0. The van der Waals surface area contributed by atoms with Crippen LogP contribution in [0.2, 0.25) is 0 Å². The monoisotopic (exact) mass is 1600 g/mol. The molecule has 9 amide bonds. The number of likely N-dealkylation sites (tertiary alicyclic amines) is 2. The van der Waals surface area contributed by atoms with Gasteiger partial charge in [-0.05, 0) is 133 Å². The fourth-order valence-corrected chi connectivity index (χ4v) is 15.7. The van der Waals surface area contributed by atoms with Crippen LogP contribution in [-0.4, -0.2) is 210 Å². The molecule has 7 aliphatic rings. The number of ether oxygens (including phenoxy) is 3. The molecule has 6 aromatic carbocycles. The van der Waals surface area contributed by atoms with Crippen LogP contribution in [0.3, 0.4) is 0 Å². The lowest BCUT2D eigenvalue weighted by molar-refractivity contribution is -0.145. The summed E-state index contributed by atoms with van der Waals surface area (Å²) >= 11 is 0. The van der Waals surface area contributed by atoms with Crippen LogP contribution in [0.1, 0.15) is 128 Å². The van der Waals surface area contributed by atoms with E-state index in [0.29, 0.717) is 65.1 Å². The highest BCUT2D eigenvalue weighted by atomic mass is 32.2. The summed E-state index contributed by atoms with van der Waals surface area (Å²) in [6, 6.07) is 26.6. The van der Waals surface area contributed by atoms with Gasteiger partial charge in [-0.2, -0.15) is 0 Å². The Hall–Kier alpha value is -10.9. The van der Waals surface area contributed by atoms with Crippen molar-refractivity contribution in [1.29, 1.82) is 0 Å². The Balaban J connectivity index is 0.911. The van der Waals surface area contributed by atoms with Crippen LogP contribution in [0.4, 0.5) is 0 Å². The van der Waals surface area contributed by atoms with Gasteiger partial charge < -0.3 is 71.7 Å². The maximum atomic E-state index is 15.5. The molecule has 6 aliphatic heterocycles. The second-order valence-corrected chi connectivity index (χ2v) is 34.5. The molecule has 7 heterocycles. The van der Waals surface area contributed by atoms with E-state index >= 15 is 24.0 Å². The molecule has 10 bridgehead atoms. The predicted molar refractivity (Wildman–Crippen MR) is 429 cm³/mol. The number of fused-ring (bicyclic) bond motifs is 2. The number of hydrogen-bond acceptors (Lipinski definition) is 19. The molecule has 30 nitrogen and oxygen atoms in total. The number of nitrogens with one attached hydrogen (secondary N) is 9. The zero-order valence-electron chi connectivity index (χ0n) is 66.6. The molecule has 1 aliphatic carbocycles. The number of hydrogen-bond donors (Lipinski definition) is 10. The number of rotatable bonds is 16. The van der Waals surface area contributed by atoms with Gasteiger partial charge in [-0.15, -0.1) is 5.10 Å². The van der Waals surface area contributed by atoms with E-state index in [2.05, 4.69) is 57.6 Å². The van der Waals surface area contributed by atoms with Crippen molar-refractivity contribution in [3.63, 3.8) is 0 Å². The number of carboxylic acids is 1. The van der Waals surface area contributed by atoms with Crippen molar-refractivity contribution in [2.24, 2.45) is 10.8 Å². The Morgan fingerprint density at radius 3 is 1.54 bits per heavy atom. The van der Waals surface area contributed by atoms with Crippen molar-refractivity contribution in [2.75, 3.05) is 40.4 Å². The van der Waals surface area contributed by atoms with Gasteiger partial charge in [0.2, 0.25) is 57.3 Å². The first-order chi connectivity index (χ1) is 54.7. The molecular formula is C84H106N14O16S. The van der Waals surface area contributed by atoms with E-state index in [9.17, 15) is 37.5 Å². The third-order valence-corrected chi connectivity index (χ3v) is 23.4. The van der Waals surface area contributed by atoms with E-state index in [4.69, 9.17) is 14.2 Å². The number of aliphatic carboxylic acids is 1. The number of aromatic nitrogens is 3. The lowest BCUT2D eigenvalue weighted by Crippen LogP contribution is -2.61. The second-order valence-electron chi connectivity index (χ2n) is 32.6. The number of carbonyl (C=O) groups excluding carboxylic acids is 9. The summed E-state index contributed by atoms with van der Waals surface area (Å²) in [7, 11) is -0.938. The van der Waals surface area contributed by atoms with Gasteiger partial charge >= 0.3 is 5.97 Å². The average Bonchev–Trinajstić information content (AvgIpc) is 1.63. The summed E-state index contributed by atoms with van der Waals surface area (Å²) in [4.78, 5) is 149. The highest BCUT2D eigenvalue weighted by Crippen LogP contribution is 2.34. The van der Waals surface area contributed by atoms with E-state index in [1.165, 1.54) is 14.5 Å². The van der Waals surface area contributed by atoms with Crippen molar-refractivity contribution < 1.29 is 75.7 Å². The lowest BCUT2D eigenvalue weighted by Gasteiger charge is -2.36. The number of amides is 9. The van der Waals surface area contributed by atoms with Crippen molar-refractivity contribution >= 4 is 90.7 Å². The Morgan fingerprint density at radius 2 is 1.04 bits per heavy atom. The Bertz CT molecular complexity index is 4810. The minimum absolute atomic E-state index is 0.00632. The fraction of sp³-hybridized carbons (Fsp3) is 0.476. The van der Waals surface area contributed by atoms with Gasteiger partial charge in [0.05, 0.1) is 42.3 Å². The SMILES string of the molecule is CN[C@@H](C)C(=O)N[C@H](C(=O)N1CC2CC1C(=O)N[C@@H](Cc1ccc3ccccc3c1)C(=O)N[C@H](C(=O)NS(=O)(=O)C1CC1)Cc1ccc(cc1)OCCCCO[C@H]1C[C@@H](C(=O)N[C@@H](Cc3ccc4ccccc4c3)C(=O)N[C@H](C(=O)O)Cc3ccc(cc3)OCc3cn2nn3)N(C(=O)[C@@H](NC(=O)[C@H](C)NC)C(C)(C)C)C1)C(C)(C)C. The molecule has 1 aromatic heterocycles. The maximum Gasteiger partial charge on any atom is 0.326 e. The van der Waals surface area contributed by atoms with Gasteiger partial charge in [-0.25, -0.2) is 17.9 Å². The van der Waals surface area contributed by atoms with Crippen LogP contribution >= 0.6 is 0 Å². The first-order valence-corrected chi connectivity index (χ1v) is 40.7. The largest absolute Gasteiger partial charge is 0.494 e. The van der Waals surface area contributed by atoms with Gasteiger partial charge in [0, 0.05) is 58.2 Å². The summed E-state index contributed by atoms with van der Waals surface area (Å²) in [6.07, 6.45) is 1.79. The van der Waals surface area contributed by atoms with Crippen LogP contribution in [0.25, 0.3) is 21.5 Å². The molecule has 7 aromatic rings. The van der Waals surface area contributed by atoms with Crippen LogP contribution in [0, 0.1) is 10.8 Å².